The number of fused-ring (bicyclic) bond motifs is 1. The van der Waals surface area contributed by atoms with Crippen molar-refractivity contribution in [1.82, 2.24) is 19.6 Å². The maximum atomic E-state index is 5.83. The highest BCUT2D eigenvalue weighted by molar-refractivity contribution is 9.10. The van der Waals surface area contributed by atoms with Crippen molar-refractivity contribution in [3.8, 4) is 11.4 Å². The molecule has 3 heterocycles. The van der Waals surface area contributed by atoms with Gasteiger partial charge in [-0.15, -0.1) is 5.10 Å². The highest BCUT2D eigenvalue weighted by atomic mass is 79.9. The fourth-order valence-corrected chi connectivity index (χ4v) is 1.95. The first-order valence-electron chi connectivity index (χ1n) is 4.96. The molecule has 0 radical (unpaired) electrons. The third-order valence-electron chi connectivity index (χ3n) is 2.36. The van der Waals surface area contributed by atoms with Gasteiger partial charge in [-0.25, -0.2) is 9.50 Å². The minimum absolute atomic E-state index is 0.606. The van der Waals surface area contributed by atoms with E-state index in [4.69, 9.17) is 5.73 Å². The summed E-state index contributed by atoms with van der Waals surface area (Å²) in [4.78, 5) is 8.48. The SMILES string of the molecule is Nc1cccn2nc(-c3cncc(Br)c3)nc12. The summed E-state index contributed by atoms with van der Waals surface area (Å²) in [5.41, 5.74) is 7.94. The van der Waals surface area contributed by atoms with E-state index in [9.17, 15) is 0 Å². The Morgan fingerprint density at radius 1 is 1.29 bits per heavy atom. The fourth-order valence-electron chi connectivity index (χ4n) is 1.58. The molecule has 0 aliphatic heterocycles. The molecule has 3 aromatic heterocycles. The van der Waals surface area contributed by atoms with E-state index in [0.29, 0.717) is 17.2 Å². The molecule has 0 atom stereocenters. The third-order valence-corrected chi connectivity index (χ3v) is 2.79. The van der Waals surface area contributed by atoms with Crippen molar-refractivity contribution in [2.75, 3.05) is 5.73 Å². The predicted octanol–water partition coefficient (Wildman–Crippen LogP) is 2.14. The van der Waals surface area contributed by atoms with E-state index in [-0.39, 0.29) is 0 Å². The van der Waals surface area contributed by atoms with Crippen molar-refractivity contribution in [2.45, 2.75) is 0 Å². The van der Waals surface area contributed by atoms with Crippen LogP contribution < -0.4 is 5.73 Å². The van der Waals surface area contributed by atoms with E-state index in [0.717, 1.165) is 10.0 Å². The molecule has 3 aromatic rings. The quantitative estimate of drug-likeness (QED) is 0.745. The number of nitrogens with zero attached hydrogens (tertiary/aromatic N) is 4. The van der Waals surface area contributed by atoms with Crippen LogP contribution in [0.3, 0.4) is 0 Å². The van der Waals surface area contributed by atoms with Crippen molar-refractivity contribution in [2.24, 2.45) is 0 Å². The molecular weight excluding hydrogens is 282 g/mol. The van der Waals surface area contributed by atoms with Gasteiger partial charge in [-0.1, -0.05) is 0 Å². The van der Waals surface area contributed by atoms with Crippen LogP contribution in [0.5, 0.6) is 0 Å². The van der Waals surface area contributed by atoms with Gasteiger partial charge in [0.05, 0.1) is 5.69 Å². The second kappa shape index (κ2) is 3.81. The number of aromatic nitrogens is 4. The Kier molecular flexibility index (Phi) is 2.29. The summed E-state index contributed by atoms with van der Waals surface area (Å²) in [5, 5.41) is 4.35. The maximum absolute atomic E-state index is 5.83. The Morgan fingerprint density at radius 2 is 2.18 bits per heavy atom. The zero-order valence-corrected chi connectivity index (χ0v) is 10.3. The predicted molar refractivity (Wildman–Crippen MR) is 68.3 cm³/mol. The van der Waals surface area contributed by atoms with Gasteiger partial charge in [0.2, 0.25) is 0 Å². The monoisotopic (exact) mass is 289 g/mol. The summed E-state index contributed by atoms with van der Waals surface area (Å²) in [6, 6.07) is 5.55. The second-order valence-electron chi connectivity index (χ2n) is 3.56. The summed E-state index contributed by atoms with van der Waals surface area (Å²) in [7, 11) is 0. The fraction of sp³-hybridized carbons (Fsp3) is 0. The van der Waals surface area contributed by atoms with Gasteiger partial charge in [0.25, 0.3) is 0 Å². The lowest BCUT2D eigenvalue weighted by atomic mass is 10.3. The first kappa shape index (κ1) is 10.2. The summed E-state index contributed by atoms with van der Waals surface area (Å²) >= 11 is 3.37. The Bertz CT molecular complexity index is 691. The minimum atomic E-state index is 0.606. The molecule has 84 valence electrons. The summed E-state index contributed by atoms with van der Waals surface area (Å²) in [6.45, 7) is 0. The van der Waals surface area contributed by atoms with Crippen LogP contribution in [0.2, 0.25) is 0 Å². The lowest BCUT2D eigenvalue weighted by molar-refractivity contribution is 0.966. The third kappa shape index (κ3) is 1.76. The minimum Gasteiger partial charge on any atom is -0.396 e. The largest absolute Gasteiger partial charge is 0.396 e. The number of hydrogen-bond acceptors (Lipinski definition) is 4. The Labute approximate surface area is 105 Å². The number of rotatable bonds is 1. The van der Waals surface area contributed by atoms with E-state index < -0.39 is 0 Å². The molecule has 3 rings (SSSR count). The highest BCUT2D eigenvalue weighted by Crippen LogP contribution is 2.20. The average molecular weight is 290 g/mol. The van der Waals surface area contributed by atoms with Crippen molar-refractivity contribution in [3.05, 3.63) is 41.3 Å². The van der Waals surface area contributed by atoms with E-state index in [1.54, 1.807) is 23.0 Å². The molecule has 2 N–H and O–H groups in total. The molecule has 0 aromatic carbocycles. The number of nitrogens with two attached hydrogens (primary N) is 1. The lowest BCUT2D eigenvalue weighted by Crippen LogP contribution is -1.92. The van der Waals surface area contributed by atoms with Crippen LogP contribution >= 0.6 is 15.9 Å². The van der Waals surface area contributed by atoms with Crippen molar-refractivity contribution < 1.29 is 0 Å². The lowest BCUT2D eigenvalue weighted by Gasteiger charge is -1.93. The van der Waals surface area contributed by atoms with Crippen LogP contribution in [0.15, 0.2) is 41.3 Å². The van der Waals surface area contributed by atoms with Gasteiger partial charge in [-0.05, 0) is 34.1 Å². The van der Waals surface area contributed by atoms with Crippen LogP contribution in [-0.2, 0) is 0 Å². The molecule has 0 aliphatic rings. The van der Waals surface area contributed by atoms with Gasteiger partial charge in [-0.2, -0.15) is 0 Å². The molecule has 17 heavy (non-hydrogen) atoms. The molecule has 5 nitrogen and oxygen atoms in total. The molecular formula is C11H8BrN5. The van der Waals surface area contributed by atoms with Crippen LogP contribution in [0, 0.1) is 0 Å². The zero-order chi connectivity index (χ0) is 11.8. The number of pyridine rings is 2. The topological polar surface area (TPSA) is 69.1 Å². The van der Waals surface area contributed by atoms with Crippen LogP contribution in [0.25, 0.3) is 17.0 Å². The standard InChI is InChI=1S/C11H8BrN5/c12-8-4-7(5-14-6-8)10-15-11-9(13)2-1-3-17(11)16-10/h1-6H,13H2. The van der Waals surface area contributed by atoms with Gasteiger partial charge in [0.15, 0.2) is 11.5 Å². The summed E-state index contributed by atoms with van der Waals surface area (Å²) in [5.74, 6) is 0.608. The van der Waals surface area contributed by atoms with E-state index >= 15 is 0 Å². The van der Waals surface area contributed by atoms with E-state index in [2.05, 4.69) is 31.0 Å². The molecule has 0 unspecified atom stereocenters. The molecule has 0 amide bonds. The first-order chi connectivity index (χ1) is 8.24. The molecule has 0 saturated carbocycles. The Balaban J connectivity index is 2.22. The zero-order valence-electron chi connectivity index (χ0n) is 8.71. The van der Waals surface area contributed by atoms with Gasteiger partial charge >= 0.3 is 0 Å². The first-order valence-corrected chi connectivity index (χ1v) is 5.75. The average Bonchev–Trinajstić information content (AvgIpc) is 2.74. The van der Waals surface area contributed by atoms with Gasteiger partial charge in [-0.3, -0.25) is 4.98 Å². The number of nitrogen functional groups attached to an aromatic ring is 1. The van der Waals surface area contributed by atoms with Crippen molar-refractivity contribution in [3.63, 3.8) is 0 Å². The van der Waals surface area contributed by atoms with Crippen LogP contribution in [0.1, 0.15) is 0 Å². The Morgan fingerprint density at radius 3 is 2.94 bits per heavy atom. The van der Waals surface area contributed by atoms with Gasteiger partial charge < -0.3 is 5.73 Å². The summed E-state index contributed by atoms with van der Waals surface area (Å²) < 4.78 is 2.55. The smallest absolute Gasteiger partial charge is 0.183 e. The molecule has 0 saturated heterocycles. The molecule has 0 bridgehead atoms. The maximum Gasteiger partial charge on any atom is 0.183 e. The van der Waals surface area contributed by atoms with Crippen molar-refractivity contribution in [1.29, 1.82) is 0 Å². The van der Waals surface area contributed by atoms with Gasteiger partial charge in [0, 0.05) is 28.6 Å². The Hall–Kier alpha value is -1.95. The number of halogens is 1. The number of anilines is 1. The van der Waals surface area contributed by atoms with Crippen LogP contribution in [-0.4, -0.2) is 19.6 Å². The van der Waals surface area contributed by atoms with Crippen molar-refractivity contribution >= 4 is 27.3 Å². The van der Waals surface area contributed by atoms with Gasteiger partial charge in [0.1, 0.15) is 0 Å². The second-order valence-corrected chi connectivity index (χ2v) is 4.47. The van der Waals surface area contributed by atoms with E-state index in [1.165, 1.54) is 0 Å². The van der Waals surface area contributed by atoms with Crippen LogP contribution in [0.4, 0.5) is 5.69 Å². The molecule has 0 aliphatic carbocycles. The normalized spacial score (nSPS) is 10.9. The summed E-state index contributed by atoms with van der Waals surface area (Å²) in [6.07, 6.45) is 5.25. The molecule has 0 spiro atoms. The molecule has 6 heteroatoms. The highest BCUT2D eigenvalue weighted by Gasteiger charge is 2.08. The molecule has 0 fully saturated rings. The van der Waals surface area contributed by atoms with E-state index in [1.807, 2.05) is 18.3 Å². The number of hydrogen-bond donors (Lipinski definition) is 1.